The number of nitrogens with zero attached hydrogens (tertiary/aromatic N) is 1. The first kappa shape index (κ1) is 13.7. The first-order valence-electron chi connectivity index (χ1n) is 5.68. The van der Waals surface area contributed by atoms with Gasteiger partial charge in [-0.1, -0.05) is 0 Å². The van der Waals surface area contributed by atoms with Gasteiger partial charge in [-0.15, -0.1) is 0 Å². The molecular weight excluding hydrogens is 221 g/mol. The standard InChI is InChI=1S/C13H19FNO2/c1-4-15(16,5-2)11(3)10-17-13-8-6-12(14)7-9-13/h6-9,16H,3-5,10H2,1-2H3/q+1. The third-order valence-electron chi connectivity index (χ3n) is 2.85. The van der Waals surface area contributed by atoms with Gasteiger partial charge >= 0.3 is 0 Å². The van der Waals surface area contributed by atoms with Gasteiger partial charge in [0.2, 0.25) is 0 Å². The van der Waals surface area contributed by atoms with E-state index in [1.54, 1.807) is 12.1 Å². The molecule has 3 nitrogen and oxygen atoms in total. The van der Waals surface area contributed by atoms with Crippen LogP contribution in [0.3, 0.4) is 0 Å². The highest BCUT2D eigenvalue weighted by molar-refractivity contribution is 5.22. The lowest BCUT2D eigenvalue weighted by Gasteiger charge is -2.28. The largest absolute Gasteiger partial charge is 0.483 e. The van der Waals surface area contributed by atoms with E-state index in [0.717, 1.165) is 0 Å². The van der Waals surface area contributed by atoms with Gasteiger partial charge in [-0.2, -0.15) is 4.65 Å². The maximum absolute atomic E-state index is 12.7. The van der Waals surface area contributed by atoms with Gasteiger partial charge in [0.1, 0.15) is 24.7 Å². The van der Waals surface area contributed by atoms with Crippen LogP contribution in [0, 0.1) is 5.82 Å². The van der Waals surface area contributed by atoms with E-state index in [1.807, 2.05) is 13.8 Å². The molecule has 0 bridgehead atoms. The van der Waals surface area contributed by atoms with E-state index in [4.69, 9.17) is 4.74 Å². The molecule has 0 saturated carbocycles. The van der Waals surface area contributed by atoms with Crippen LogP contribution >= 0.6 is 0 Å². The predicted octanol–water partition coefficient (Wildman–Crippen LogP) is 2.96. The van der Waals surface area contributed by atoms with Crippen molar-refractivity contribution >= 4 is 0 Å². The summed E-state index contributed by atoms with van der Waals surface area (Å²) >= 11 is 0. The Hall–Kier alpha value is -1.39. The van der Waals surface area contributed by atoms with Crippen molar-refractivity contribution in [1.29, 1.82) is 0 Å². The molecule has 1 aromatic rings. The minimum absolute atomic E-state index is 0.207. The molecule has 1 N–H and O–H groups in total. The van der Waals surface area contributed by atoms with Gasteiger partial charge in [-0.25, -0.2) is 9.60 Å². The summed E-state index contributed by atoms with van der Waals surface area (Å²) in [6.07, 6.45) is 0. The van der Waals surface area contributed by atoms with Crippen LogP contribution in [-0.4, -0.2) is 29.5 Å². The summed E-state index contributed by atoms with van der Waals surface area (Å²) in [4.78, 5) is 0. The summed E-state index contributed by atoms with van der Waals surface area (Å²) in [7, 11) is 0. The number of hydrogen-bond acceptors (Lipinski definition) is 2. The van der Waals surface area contributed by atoms with E-state index in [2.05, 4.69) is 6.58 Å². The first-order valence-corrected chi connectivity index (χ1v) is 5.68. The lowest BCUT2D eigenvalue weighted by molar-refractivity contribution is -1.07. The van der Waals surface area contributed by atoms with Crippen molar-refractivity contribution < 1.29 is 19.0 Å². The van der Waals surface area contributed by atoms with E-state index in [9.17, 15) is 9.60 Å². The lowest BCUT2D eigenvalue weighted by Crippen LogP contribution is -2.44. The number of hydrogen-bond donors (Lipinski definition) is 1. The maximum atomic E-state index is 12.7. The summed E-state index contributed by atoms with van der Waals surface area (Å²) in [5, 5.41) is 10.1. The minimum atomic E-state index is -0.300. The SMILES string of the molecule is C=C(COc1ccc(F)cc1)[N+](O)(CC)CC. The molecule has 0 fully saturated rings. The average molecular weight is 240 g/mol. The van der Waals surface area contributed by atoms with E-state index in [1.165, 1.54) is 12.1 Å². The molecule has 0 radical (unpaired) electrons. The number of benzene rings is 1. The van der Waals surface area contributed by atoms with Crippen LogP contribution in [0.5, 0.6) is 5.75 Å². The third-order valence-corrected chi connectivity index (χ3v) is 2.85. The molecule has 0 amide bonds. The molecule has 1 rings (SSSR count). The highest BCUT2D eigenvalue weighted by atomic mass is 19.1. The Kier molecular flexibility index (Phi) is 4.66. The fourth-order valence-corrected chi connectivity index (χ4v) is 1.49. The molecule has 0 unspecified atom stereocenters. The average Bonchev–Trinajstić information content (AvgIpc) is 2.36. The zero-order chi connectivity index (χ0) is 12.9. The number of rotatable bonds is 6. The van der Waals surface area contributed by atoms with Crippen molar-refractivity contribution in [2.24, 2.45) is 0 Å². The van der Waals surface area contributed by atoms with Crippen molar-refractivity contribution in [2.75, 3.05) is 19.7 Å². The summed E-state index contributed by atoms with van der Waals surface area (Å²) in [6, 6.07) is 5.76. The highest BCUT2D eigenvalue weighted by Crippen LogP contribution is 2.16. The maximum Gasteiger partial charge on any atom is 0.172 e. The Balaban J connectivity index is 2.56. The van der Waals surface area contributed by atoms with Gasteiger partial charge in [-0.3, -0.25) is 0 Å². The number of hydroxylamine groups is 3. The molecule has 17 heavy (non-hydrogen) atoms. The molecule has 0 spiro atoms. The molecule has 0 aromatic heterocycles. The van der Waals surface area contributed by atoms with Crippen molar-refractivity contribution in [3.63, 3.8) is 0 Å². The van der Waals surface area contributed by atoms with Crippen molar-refractivity contribution in [3.05, 3.63) is 42.4 Å². The predicted molar refractivity (Wildman–Crippen MR) is 64.2 cm³/mol. The number of halogens is 1. The van der Waals surface area contributed by atoms with E-state index in [-0.39, 0.29) is 17.1 Å². The fourth-order valence-electron chi connectivity index (χ4n) is 1.49. The molecule has 0 atom stereocenters. The summed E-state index contributed by atoms with van der Waals surface area (Å²) in [6.45, 7) is 8.89. The van der Waals surface area contributed by atoms with Gasteiger partial charge in [-0.05, 0) is 44.7 Å². The van der Waals surface area contributed by atoms with Crippen molar-refractivity contribution in [3.8, 4) is 5.75 Å². The molecular formula is C13H19FNO2+. The molecule has 0 heterocycles. The Morgan fingerprint density at radius 1 is 1.29 bits per heavy atom. The first-order chi connectivity index (χ1) is 8.01. The summed E-state index contributed by atoms with van der Waals surface area (Å²) < 4.78 is 17.9. The molecule has 0 aliphatic rings. The Morgan fingerprint density at radius 2 is 1.82 bits per heavy atom. The number of quaternary nitrogens is 1. The topological polar surface area (TPSA) is 29.5 Å². The van der Waals surface area contributed by atoms with Crippen LogP contribution in [-0.2, 0) is 0 Å². The smallest absolute Gasteiger partial charge is 0.172 e. The van der Waals surface area contributed by atoms with E-state index >= 15 is 0 Å². The van der Waals surface area contributed by atoms with Crippen molar-refractivity contribution in [2.45, 2.75) is 13.8 Å². The lowest BCUT2D eigenvalue weighted by atomic mass is 10.3. The van der Waals surface area contributed by atoms with Gasteiger partial charge < -0.3 is 4.74 Å². The fraction of sp³-hybridized carbons (Fsp3) is 0.385. The second-order valence-corrected chi connectivity index (χ2v) is 3.86. The second-order valence-electron chi connectivity index (χ2n) is 3.86. The number of likely N-dealkylation sites (N-methyl/N-ethyl adjacent to an activating group) is 1. The monoisotopic (exact) mass is 240 g/mol. The van der Waals surface area contributed by atoms with Crippen LogP contribution in [0.4, 0.5) is 4.39 Å². The molecule has 94 valence electrons. The van der Waals surface area contributed by atoms with Gasteiger partial charge in [0.25, 0.3) is 0 Å². The van der Waals surface area contributed by atoms with Crippen molar-refractivity contribution in [1.82, 2.24) is 0 Å². The normalized spacial score (nSPS) is 11.3. The van der Waals surface area contributed by atoms with Crippen LogP contribution in [0.2, 0.25) is 0 Å². The highest BCUT2D eigenvalue weighted by Gasteiger charge is 2.25. The molecule has 0 aliphatic heterocycles. The summed E-state index contributed by atoms with van der Waals surface area (Å²) in [5.74, 6) is 0.261. The zero-order valence-electron chi connectivity index (χ0n) is 10.3. The minimum Gasteiger partial charge on any atom is -0.483 e. The Bertz CT molecular complexity index is 372. The number of ether oxygens (including phenoxy) is 1. The quantitative estimate of drug-likeness (QED) is 0.612. The molecule has 4 heteroatoms. The van der Waals surface area contributed by atoms with Gasteiger partial charge in [0.15, 0.2) is 12.3 Å². The summed E-state index contributed by atoms with van der Waals surface area (Å²) in [5.41, 5.74) is 0.583. The zero-order valence-corrected chi connectivity index (χ0v) is 10.3. The van der Waals surface area contributed by atoms with Crippen LogP contribution in [0.25, 0.3) is 0 Å². The van der Waals surface area contributed by atoms with E-state index in [0.29, 0.717) is 24.5 Å². The van der Waals surface area contributed by atoms with Gasteiger partial charge in [0, 0.05) is 0 Å². The van der Waals surface area contributed by atoms with Gasteiger partial charge in [0.05, 0.1) is 0 Å². The van der Waals surface area contributed by atoms with Crippen LogP contribution in [0.1, 0.15) is 13.8 Å². The van der Waals surface area contributed by atoms with E-state index < -0.39 is 0 Å². The third kappa shape index (κ3) is 3.54. The second kappa shape index (κ2) is 5.80. The Morgan fingerprint density at radius 3 is 2.29 bits per heavy atom. The Labute approximate surface area is 101 Å². The van der Waals surface area contributed by atoms with Crippen LogP contribution < -0.4 is 4.74 Å². The molecule has 0 saturated heterocycles. The van der Waals surface area contributed by atoms with Crippen LogP contribution in [0.15, 0.2) is 36.5 Å². The molecule has 0 aliphatic carbocycles. The molecule has 1 aromatic carbocycles.